The first-order valence-electron chi connectivity index (χ1n) is 15.5. The van der Waals surface area contributed by atoms with Gasteiger partial charge in [-0.1, -0.05) is 147 Å². The van der Waals surface area contributed by atoms with Crippen LogP contribution in [0.1, 0.15) is 153 Å². The van der Waals surface area contributed by atoms with Crippen LogP contribution in [0.5, 0.6) is 0 Å². The van der Waals surface area contributed by atoms with Crippen LogP contribution in [-0.4, -0.2) is 4.98 Å². The van der Waals surface area contributed by atoms with E-state index in [9.17, 15) is 0 Å². The van der Waals surface area contributed by atoms with Crippen LogP contribution >= 0.6 is 0 Å². The molecule has 0 spiro atoms. The average molecular weight is 482 g/mol. The maximum absolute atomic E-state index is 3.67. The first kappa shape index (κ1) is 29.7. The molecule has 0 saturated heterocycles. The van der Waals surface area contributed by atoms with Gasteiger partial charge in [0, 0.05) is 0 Å². The predicted octanol–water partition coefficient (Wildman–Crippen LogP) is 10.1. The summed E-state index contributed by atoms with van der Waals surface area (Å²) in [5, 5.41) is 0. The number of aryl methyl sites for hydroxylation is 2. The van der Waals surface area contributed by atoms with Gasteiger partial charge in [-0.25, -0.2) is 9.55 Å². The lowest BCUT2D eigenvalue weighted by Crippen LogP contribution is -2.37. The number of aromatic amines is 1. The summed E-state index contributed by atoms with van der Waals surface area (Å²) >= 11 is 0. The van der Waals surface area contributed by atoms with E-state index in [1.807, 2.05) is 0 Å². The Bertz CT molecular complexity index is 705. The summed E-state index contributed by atoms with van der Waals surface area (Å²) in [6.07, 6.45) is 32.1. The largest absolute Gasteiger partial charge is 0.257 e. The van der Waals surface area contributed by atoms with Crippen molar-refractivity contribution >= 4 is 0 Å². The second-order valence-electron chi connectivity index (χ2n) is 10.9. The summed E-state index contributed by atoms with van der Waals surface area (Å²) in [7, 11) is 0. The van der Waals surface area contributed by atoms with Crippen LogP contribution in [0.15, 0.2) is 42.7 Å². The van der Waals surface area contributed by atoms with Crippen molar-refractivity contribution in [3.05, 3.63) is 54.1 Å². The number of nitrogens with zero attached hydrogens (tertiary/aromatic N) is 1. The Hall–Kier alpha value is -1.57. The van der Waals surface area contributed by atoms with E-state index >= 15 is 0 Å². The smallest absolute Gasteiger partial charge is 0.247 e. The highest BCUT2D eigenvalue weighted by atomic mass is 15.1. The lowest BCUT2D eigenvalue weighted by Gasteiger charge is -2.14. The third kappa shape index (κ3) is 13.9. The zero-order valence-electron chi connectivity index (χ0n) is 23.4. The molecular formula is C33H57N2+. The molecule has 2 rings (SSSR count). The molecule has 0 aliphatic rings. The normalized spacial score (nSPS) is 12.3. The molecule has 198 valence electrons. The second kappa shape index (κ2) is 20.6. The van der Waals surface area contributed by atoms with Gasteiger partial charge in [0.1, 0.15) is 12.4 Å². The van der Waals surface area contributed by atoms with E-state index < -0.39 is 0 Å². The first-order valence-corrected chi connectivity index (χ1v) is 15.5. The number of aromatic nitrogens is 2. The van der Waals surface area contributed by atoms with Gasteiger partial charge in [-0.3, -0.25) is 0 Å². The topological polar surface area (TPSA) is 19.7 Å². The summed E-state index contributed by atoms with van der Waals surface area (Å²) < 4.78 is 2.53. The molecule has 0 aliphatic carbocycles. The summed E-state index contributed by atoms with van der Waals surface area (Å²) in [6.45, 7) is 5.74. The van der Waals surface area contributed by atoms with Gasteiger partial charge in [-0.15, -0.1) is 0 Å². The summed E-state index contributed by atoms with van der Waals surface area (Å²) in [6, 6.07) is 11.0. The number of H-pyrrole nitrogens is 1. The Balaban J connectivity index is 1.77. The molecule has 1 atom stereocenters. The van der Waals surface area contributed by atoms with Crippen LogP contribution < -0.4 is 4.57 Å². The van der Waals surface area contributed by atoms with Gasteiger partial charge >= 0.3 is 0 Å². The van der Waals surface area contributed by atoms with Crippen LogP contribution in [0.25, 0.3) is 0 Å². The molecular weight excluding hydrogens is 424 g/mol. The Morgan fingerprint density at radius 3 is 1.69 bits per heavy atom. The molecule has 0 radical (unpaired) electrons. The fourth-order valence-corrected chi connectivity index (χ4v) is 5.49. The summed E-state index contributed by atoms with van der Waals surface area (Å²) in [5.74, 6) is 2.19. The maximum atomic E-state index is 3.67. The minimum absolute atomic E-state index is 0.696. The molecule has 0 unspecified atom stereocenters. The molecule has 0 amide bonds. The van der Waals surface area contributed by atoms with Crippen LogP contribution in [-0.2, 0) is 13.0 Å². The number of imidazole rings is 1. The first-order chi connectivity index (χ1) is 17.3. The predicted molar refractivity (Wildman–Crippen MR) is 153 cm³/mol. The Kier molecular flexibility index (Phi) is 17.5. The van der Waals surface area contributed by atoms with Crippen LogP contribution in [0, 0.1) is 0 Å². The highest BCUT2D eigenvalue weighted by Crippen LogP contribution is 2.26. The van der Waals surface area contributed by atoms with Crippen molar-refractivity contribution in [2.24, 2.45) is 0 Å². The minimum Gasteiger partial charge on any atom is -0.247 e. The monoisotopic (exact) mass is 481 g/mol. The fourth-order valence-electron chi connectivity index (χ4n) is 5.49. The highest BCUT2D eigenvalue weighted by molar-refractivity contribution is 5.14. The second-order valence-corrected chi connectivity index (χ2v) is 10.9. The van der Waals surface area contributed by atoms with E-state index in [-0.39, 0.29) is 0 Å². The van der Waals surface area contributed by atoms with Gasteiger partial charge in [0.25, 0.3) is 5.82 Å². The van der Waals surface area contributed by atoms with Crippen molar-refractivity contribution in [1.29, 1.82) is 0 Å². The molecule has 2 aromatic rings. The molecule has 2 nitrogen and oxygen atoms in total. The molecule has 0 fully saturated rings. The third-order valence-electron chi connectivity index (χ3n) is 7.70. The van der Waals surface area contributed by atoms with E-state index in [4.69, 9.17) is 0 Å². The van der Waals surface area contributed by atoms with Gasteiger partial charge in [0.05, 0.1) is 12.5 Å². The van der Waals surface area contributed by atoms with Crippen LogP contribution in [0.2, 0.25) is 0 Å². The minimum atomic E-state index is 0.696. The van der Waals surface area contributed by atoms with Crippen molar-refractivity contribution in [2.75, 3.05) is 0 Å². The van der Waals surface area contributed by atoms with Crippen LogP contribution in [0.4, 0.5) is 0 Å². The highest BCUT2D eigenvalue weighted by Gasteiger charge is 2.22. The third-order valence-corrected chi connectivity index (χ3v) is 7.70. The van der Waals surface area contributed by atoms with Crippen molar-refractivity contribution in [1.82, 2.24) is 4.98 Å². The zero-order valence-corrected chi connectivity index (χ0v) is 23.4. The number of unbranched alkanes of at least 4 members (excludes halogenated alkanes) is 14. The molecule has 2 heteroatoms. The molecule has 1 heterocycles. The molecule has 0 bridgehead atoms. The van der Waals surface area contributed by atoms with E-state index in [1.54, 1.807) is 0 Å². The molecule has 35 heavy (non-hydrogen) atoms. The number of hydrogen-bond donors (Lipinski definition) is 1. The van der Waals surface area contributed by atoms with Gasteiger partial charge < -0.3 is 0 Å². The average Bonchev–Trinajstić information content (AvgIpc) is 3.35. The molecule has 1 aromatic heterocycles. The number of nitrogens with one attached hydrogen (secondary N) is 1. The number of rotatable bonds is 23. The molecule has 0 saturated carbocycles. The quantitative estimate of drug-likeness (QED) is 0.120. The summed E-state index contributed by atoms with van der Waals surface area (Å²) in [4.78, 5) is 3.67. The number of benzene rings is 1. The van der Waals surface area contributed by atoms with Gasteiger partial charge in [0.15, 0.2) is 0 Å². The van der Waals surface area contributed by atoms with Crippen molar-refractivity contribution < 1.29 is 4.57 Å². The van der Waals surface area contributed by atoms with Crippen LogP contribution in [0.3, 0.4) is 0 Å². The van der Waals surface area contributed by atoms with E-state index in [1.165, 1.54) is 140 Å². The molecule has 1 N–H and O–H groups in total. The van der Waals surface area contributed by atoms with Gasteiger partial charge in [-0.05, 0) is 31.2 Å². The lowest BCUT2D eigenvalue weighted by molar-refractivity contribution is -0.704. The van der Waals surface area contributed by atoms with Crippen molar-refractivity contribution in [2.45, 2.75) is 155 Å². The van der Waals surface area contributed by atoms with Crippen molar-refractivity contribution in [3.8, 4) is 0 Å². The fraction of sp³-hybridized carbons (Fsp3) is 0.727. The van der Waals surface area contributed by atoms with Gasteiger partial charge in [-0.2, -0.15) is 0 Å². The SMILES string of the molecule is CCCCCCCCCCC[C@H](CCCCCCCCC)c1[nH]cc[n+]1CCCc1ccccc1. The molecule has 0 aliphatic heterocycles. The Morgan fingerprint density at radius 2 is 1.14 bits per heavy atom. The van der Waals surface area contributed by atoms with E-state index in [2.05, 4.69) is 66.1 Å². The standard InChI is InChI=1S/C33H56N2/c1-3-5-7-9-11-12-14-16-21-27-32(26-20-15-13-10-8-6-4-2)33-34-28-30-35(33)29-22-25-31-23-18-17-19-24-31/h17-19,23-24,28,30,32H,3-16,20-22,25-27,29H2,1-2H3/p+1/t32-/m0/s1. The zero-order chi connectivity index (χ0) is 24.8. The van der Waals surface area contributed by atoms with Gasteiger partial charge in [0.2, 0.25) is 0 Å². The summed E-state index contributed by atoms with van der Waals surface area (Å²) in [5.41, 5.74) is 1.46. The van der Waals surface area contributed by atoms with E-state index in [0.29, 0.717) is 5.92 Å². The molecule has 1 aromatic carbocycles. The number of hydrogen-bond acceptors (Lipinski definition) is 0. The maximum Gasteiger partial charge on any atom is 0.257 e. The van der Waals surface area contributed by atoms with Crippen molar-refractivity contribution in [3.63, 3.8) is 0 Å². The van der Waals surface area contributed by atoms with E-state index in [0.717, 1.165) is 6.54 Å². The Labute approximate surface area is 218 Å². The Morgan fingerprint density at radius 1 is 0.629 bits per heavy atom. The lowest BCUT2D eigenvalue weighted by atomic mass is 9.93.